The molecule has 15 nitrogen and oxygen atoms in total. The average Bonchev–Trinajstić information content (AvgIpc) is 3.72. The lowest BCUT2D eigenvalue weighted by Gasteiger charge is -2.35. The quantitative estimate of drug-likeness (QED) is 0.134. The number of carbonyl (C=O) groups excluding carboxylic acids is 5. The number of anilines is 4. The monoisotopic (exact) mass is 802 g/mol. The highest BCUT2D eigenvalue weighted by atomic mass is 16.2. The lowest BCUT2D eigenvalue weighted by atomic mass is 10.00. The molecule has 4 aromatic rings. The minimum Gasteiger partial charge on any atom is -0.348 e. The number of aromatic nitrogens is 3. The van der Waals surface area contributed by atoms with Gasteiger partial charge in [-0.1, -0.05) is 64.1 Å². The van der Waals surface area contributed by atoms with E-state index in [4.69, 9.17) is 0 Å². The van der Waals surface area contributed by atoms with Crippen LogP contribution in [0.2, 0.25) is 0 Å². The summed E-state index contributed by atoms with van der Waals surface area (Å²) < 4.78 is 0. The first kappa shape index (κ1) is 42.2. The molecule has 15 heteroatoms. The number of aryl methyl sites for hydroxylation is 2. The molecule has 1 fully saturated rings. The van der Waals surface area contributed by atoms with Gasteiger partial charge in [-0.25, -0.2) is 9.78 Å². The maximum absolute atomic E-state index is 14.2. The zero-order chi connectivity index (χ0) is 42.5. The van der Waals surface area contributed by atoms with Gasteiger partial charge in [-0.3, -0.25) is 34.0 Å². The van der Waals surface area contributed by atoms with E-state index in [1.165, 1.54) is 9.80 Å². The van der Waals surface area contributed by atoms with Crippen LogP contribution in [0.15, 0.2) is 73.1 Å². The van der Waals surface area contributed by atoms with Gasteiger partial charge >= 0.3 is 6.03 Å². The van der Waals surface area contributed by atoms with Crippen molar-refractivity contribution in [1.82, 2.24) is 35.8 Å². The fraction of sp³-hybridized carbons (Fsp3) is 0.409. The van der Waals surface area contributed by atoms with Gasteiger partial charge in [0.25, 0.3) is 5.91 Å². The molecule has 0 bridgehead atoms. The van der Waals surface area contributed by atoms with E-state index in [1.807, 2.05) is 90.9 Å². The number of benzene rings is 2. The number of nitrogens with one attached hydrogen (secondary N) is 4. The average molecular weight is 803 g/mol. The number of nitrogens with zero attached hydrogens (tertiary/aromatic N) is 6. The van der Waals surface area contributed by atoms with Crippen molar-refractivity contribution < 1.29 is 24.0 Å². The minimum atomic E-state index is -0.943. The largest absolute Gasteiger partial charge is 0.348 e. The van der Waals surface area contributed by atoms with E-state index in [-0.39, 0.29) is 47.8 Å². The van der Waals surface area contributed by atoms with E-state index < -0.39 is 29.9 Å². The molecule has 2 aliphatic rings. The van der Waals surface area contributed by atoms with Crippen LogP contribution in [0.25, 0.3) is 0 Å². The molecule has 6 rings (SSSR count). The second kappa shape index (κ2) is 18.0. The van der Waals surface area contributed by atoms with Crippen LogP contribution >= 0.6 is 0 Å². The van der Waals surface area contributed by atoms with Crippen LogP contribution in [0.3, 0.4) is 0 Å². The molecule has 0 saturated carbocycles. The molecule has 59 heavy (non-hydrogen) atoms. The highest BCUT2D eigenvalue weighted by Crippen LogP contribution is 2.33. The van der Waals surface area contributed by atoms with Crippen LogP contribution in [-0.4, -0.2) is 81.2 Å². The second-order valence-electron chi connectivity index (χ2n) is 16.0. The number of rotatable bonds is 13. The third kappa shape index (κ3) is 9.51. The lowest BCUT2D eigenvalue weighted by molar-refractivity contribution is -0.141. The topological polar surface area (TPSA) is 182 Å². The zero-order valence-electron chi connectivity index (χ0n) is 34.9. The van der Waals surface area contributed by atoms with Crippen LogP contribution in [-0.2, 0) is 20.9 Å². The third-order valence-electron chi connectivity index (χ3n) is 10.9. The van der Waals surface area contributed by atoms with Crippen molar-refractivity contribution >= 4 is 52.8 Å². The molecule has 6 amide bonds. The van der Waals surface area contributed by atoms with E-state index in [0.29, 0.717) is 48.1 Å². The van der Waals surface area contributed by atoms with Crippen molar-refractivity contribution in [3.05, 3.63) is 101 Å². The Kier molecular flexibility index (Phi) is 12.9. The molecule has 0 spiro atoms. The van der Waals surface area contributed by atoms with E-state index in [1.54, 1.807) is 42.5 Å². The SMILES string of the molecule is Cc1ccc(Nc2ncc3c(n2)N(C)C(=O)N(c2cc(C(=O)NC(C(=O)N4CCC[C@H]4C(=O)NC(C(=O)NC(C)c4ccccc4)C(C)C)C(C)C)ccc2C)C3)cn1. The van der Waals surface area contributed by atoms with E-state index in [0.717, 1.165) is 16.8 Å². The van der Waals surface area contributed by atoms with Crippen LogP contribution in [0.1, 0.15) is 86.2 Å². The number of hydrogen-bond acceptors (Lipinski definition) is 9. The predicted molar refractivity (Wildman–Crippen MR) is 226 cm³/mol. The molecule has 2 aliphatic heterocycles. The molecule has 310 valence electrons. The number of carbonyl (C=O) groups is 5. The first-order chi connectivity index (χ1) is 28.1. The van der Waals surface area contributed by atoms with Gasteiger partial charge in [-0.15, -0.1) is 0 Å². The Hall–Kier alpha value is -6.38. The molecule has 4 atom stereocenters. The van der Waals surface area contributed by atoms with Gasteiger partial charge in [0.05, 0.1) is 24.5 Å². The number of pyridine rings is 1. The Bertz CT molecular complexity index is 2200. The maximum atomic E-state index is 14.2. The molecule has 2 aromatic carbocycles. The van der Waals surface area contributed by atoms with Gasteiger partial charge in [-0.2, -0.15) is 4.98 Å². The summed E-state index contributed by atoms with van der Waals surface area (Å²) in [5.74, 6) is -1.33. The van der Waals surface area contributed by atoms with Crippen LogP contribution in [0.4, 0.5) is 27.9 Å². The Morgan fingerprint density at radius 1 is 0.831 bits per heavy atom. The third-order valence-corrected chi connectivity index (χ3v) is 10.9. The molecular formula is C44H54N10O5. The Morgan fingerprint density at radius 2 is 1.56 bits per heavy atom. The Morgan fingerprint density at radius 3 is 2.24 bits per heavy atom. The first-order valence-corrected chi connectivity index (χ1v) is 20.1. The molecular weight excluding hydrogens is 749 g/mol. The van der Waals surface area contributed by atoms with Crippen molar-refractivity contribution in [2.45, 2.75) is 92.0 Å². The molecule has 1 saturated heterocycles. The predicted octanol–water partition coefficient (Wildman–Crippen LogP) is 5.57. The summed E-state index contributed by atoms with van der Waals surface area (Å²) in [6.45, 7) is 13.6. The van der Waals surface area contributed by atoms with Crippen molar-refractivity contribution in [1.29, 1.82) is 0 Å². The number of fused-ring (bicyclic) bond motifs is 1. The summed E-state index contributed by atoms with van der Waals surface area (Å²) in [6.07, 6.45) is 4.38. The lowest BCUT2D eigenvalue weighted by Crippen LogP contribution is -2.58. The summed E-state index contributed by atoms with van der Waals surface area (Å²) in [7, 11) is 1.64. The van der Waals surface area contributed by atoms with E-state index in [9.17, 15) is 24.0 Å². The Balaban J connectivity index is 1.13. The number of amides is 6. The van der Waals surface area contributed by atoms with Crippen LogP contribution in [0, 0.1) is 25.7 Å². The highest BCUT2D eigenvalue weighted by molar-refractivity contribution is 6.07. The zero-order valence-corrected chi connectivity index (χ0v) is 34.9. The molecule has 0 aliphatic carbocycles. The smallest absolute Gasteiger partial charge is 0.330 e. The van der Waals surface area contributed by atoms with Crippen LogP contribution in [0.5, 0.6) is 0 Å². The van der Waals surface area contributed by atoms with Crippen molar-refractivity contribution in [3.63, 3.8) is 0 Å². The number of urea groups is 1. The Labute approximate surface area is 345 Å². The molecule has 0 radical (unpaired) electrons. The van der Waals surface area contributed by atoms with E-state index in [2.05, 4.69) is 36.2 Å². The van der Waals surface area contributed by atoms with Crippen LogP contribution < -0.4 is 31.1 Å². The van der Waals surface area contributed by atoms with Crippen molar-refractivity contribution in [3.8, 4) is 0 Å². The molecule has 4 heterocycles. The van der Waals surface area contributed by atoms with Gasteiger partial charge in [0.1, 0.15) is 23.9 Å². The second-order valence-corrected chi connectivity index (χ2v) is 16.0. The van der Waals surface area contributed by atoms with Crippen molar-refractivity contribution in [2.75, 3.05) is 28.7 Å². The fourth-order valence-electron chi connectivity index (χ4n) is 7.40. The molecule has 4 N–H and O–H groups in total. The summed E-state index contributed by atoms with van der Waals surface area (Å²) in [4.78, 5) is 87.1. The maximum Gasteiger partial charge on any atom is 0.330 e. The molecule has 2 aromatic heterocycles. The minimum absolute atomic E-state index is 0.174. The summed E-state index contributed by atoms with van der Waals surface area (Å²) in [5.41, 5.74) is 4.81. The summed E-state index contributed by atoms with van der Waals surface area (Å²) in [5, 5.41) is 12.0. The van der Waals surface area contributed by atoms with Gasteiger partial charge in [0.15, 0.2) is 0 Å². The van der Waals surface area contributed by atoms with Gasteiger partial charge in [0.2, 0.25) is 23.7 Å². The van der Waals surface area contributed by atoms with E-state index >= 15 is 0 Å². The van der Waals surface area contributed by atoms with Gasteiger partial charge < -0.3 is 26.2 Å². The summed E-state index contributed by atoms with van der Waals surface area (Å²) in [6, 6.07) is 15.2. The number of likely N-dealkylation sites (tertiary alicyclic amines) is 1. The van der Waals surface area contributed by atoms with Crippen molar-refractivity contribution in [2.24, 2.45) is 11.8 Å². The highest BCUT2D eigenvalue weighted by Gasteiger charge is 2.40. The van der Waals surface area contributed by atoms with Gasteiger partial charge in [-0.05, 0) is 80.8 Å². The molecule has 3 unspecified atom stereocenters. The summed E-state index contributed by atoms with van der Waals surface area (Å²) >= 11 is 0. The standard InChI is InChI=1S/C44H54N10O5/c1-25(2)36(41(57)47-29(7)30-13-10-9-11-14-30)49-40(56)34-15-12-20-53(34)42(58)37(26(3)4)50-39(55)31-18-16-27(5)35(21-31)54-24-32-22-46-43(51-38(32)52(8)44(54)59)48-33-19-17-28(6)45-23-33/h9-11,13-14,16-19,21-23,25-26,29,34,36-37H,12,15,20,24H2,1-8H3,(H,47,57)(H,49,56)(H,50,55)(H,46,48,51)/t29?,34-,36?,37?/m0/s1. The fourth-order valence-corrected chi connectivity index (χ4v) is 7.40. The normalized spacial score (nSPS) is 16.7. The first-order valence-electron chi connectivity index (χ1n) is 20.1. The number of hydrogen-bond donors (Lipinski definition) is 4. The van der Waals surface area contributed by atoms with Gasteiger partial charge in [0, 0.05) is 42.3 Å².